The largest absolute Gasteiger partial charge is 0.493 e. The highest BCUT2D eigenvalue weighted by Crippen LogP contribution is 2.28. The molecule has 0 aliphatic heterocycles. The molecule has 0 saturated carbocycles. The first-order chi connectivity index (χ1) is 12.5. The molecule has 0 bridgehead atoms. The molecule has 7 nitrogen and oxygen atoms in total. The summed E-state index contributed by atoms with van der Waals surface area (Å²) in [6.07, 6.45) is -0.729. The molecule has 0 saturated heterocycles. The van der Waals surface area contributed by atoms with Crippen LogP contribution in [0.2, 0.25) is 0 Å². The lowest BCUT2D eigenvalue weighted by atomic mass is 10.2. The molecule has 0 aliphatic carbocycles. The number of para-hydroxylation sites is 1. The monoisotopic (exact) mass is 354 g/mol. The number of methoxy groups -OCH3 is 2. The molecule has 1 N–H and O–H groups in total. The summed E-state index contributed by atoms with van der Waals surface area (Å²) < 4.78 is 15.8. The van der Waals surface area contributed by atoms with Gasteiger partial charge in [0.15, 0.2) is 23.4 Å². The maximum atomic E-state index is 12.4. The van der Waals surface area contributed by atoms with Crippen molar-refractivity contribution in [3.8, 4) is 11.5 Å². The number of benzene rings is 2. The second kappa shape index (κ2) is 7.26. The molecular formula is C19H18N2O5. The zero-order chi connectivity index (χ0) is 18.7. The molecule has 1 heterocycles. The van der Waals surface area contributed by atoms with Crippen molar-refractivity contribution >= 4 is 16.9 Å². The van der Waals surface area contributed by atoms with E-state index in [2.05, 4.69) is 9.97 Å². The van der Waals surface area contributed by atoms with Gasteiger partial charge in [-0.2, -0.15) is 0 Å². The van der Waals surface area contributed by atoms with E-state index >= 15 is 0 Å². The van der Waals surface area contributed by atoms with Gasteiger partial charge in [-0.25, -0.2) is 9.78 Å². The first-order valence-electron chi connectivity index (χ1n) is 7.95. The molecule has 0 aliphatic rings. The Labute approximate surface area is 149 Å². The Kier molecular flexibility index (Phi) is 4.88. The van der Waals surface area contributed by atoms with E-state index in [1.54, 1.807) is 43.3 Å². The van der Waals surface area contributed by atoms with Crippen LogP contribution in [0.15, 0.2) is 47.3 Å². The van der Waals surface area contributed by atoms with Gasteiger partial charge in [0.1, 0.15) is 0 Å². The average Bonchev–Trinajstić information content (AvgIpc) is 2.67. The highest BCUT2D eigenvalue weighted by atomic mass is 16.5. The van der Waals surface area contributed by atoms with E-state index in [1.165, 1.54) is 20.3 Å². The lowest BCUT2D eigenvalue weighted by Gasteiger charge is -2.14. The van der Waals surface area contributed by atoms with Crippen LogP contribution in [0.3, 0.4) is 0 Å². The van der Waals surface area contributed by atoms with Crippen LogP contribution in [0.4, 0.5) is 0 Å². The van der Waals surface area contributed by atoms with Crippen LogP contribution in [0.25, 0.3) is 10.9 Å². The van der Waals surface area contributed by atoms with Gasteiger partial charge < -0.3 is 19.2 Å². The predicted molar refractivity (Wildman–Crippen MR) is 95.7 cm³/mol. The van der Waals surface area contributed by atoms with Gasteiger partial charge in [-0.05, 0) is 37.3 Å². The van der Waals surface area contributed by atoms with Gasteiger partial charge in [0.05, 0.1) is 30.7 Å². The Morgan fingerprint density at radius 3 is 2.54 bits per heavy atom. The quantitative estimate of drug-likeness (QED) is 0.709. The number of hydrogen-bond donors (Lipinski definition) is 1. The van der Waals surface area contributed by atoms with Crippen molar-refractivity contribution in [2.75, 3.05) is 14.2 Å². The van der Waals surface area contributed by atoms with Gasteiger partial charge in [0.25, 0.3) is 5.56 Å². The van der Waals surface area contributed by atoms with Crippen LogP contribution >= 0.6 is 0 Å². The Morgan fingerprint density at radius 2 is 1.81 bits per heavy atom. The highest BCUT2D eigenvalue weighted by molar-refractivity contribution is 5.90. The number of H-pyrrole nitrogens is 1. The highest BCUT2D eigenvalue weighted by Gasteiger charge is 2.18. The SMILES string of the molecule is COc1ccc(C(=O)O[C@@H](C)c2nc3ccccc3c(=O)[nH]2)cc1OC. The second-order valence-corrected chi connectivity index (χ2v) is 5.59. The Bertz CT molecular complexity index is 1010. The van der Waals surface area contributed by atoms with Crippen molar-refractivity contribution in [3.63, 3.8) is 0 Å². The fourth-order valence-electron chi connectivity index (χ4n) is 2.54. The molecule has 26 heavy (non-hydrogen) atoms. The van der Waals surface area contributed by atoms with Gasteiger partial charge in [0.2, 0.25) is 0 Å². The first kappa shape index (κ1) is 17.5. The molecule has 134 valence electrons. The average molecular weight is 354 g/mol. The summed E-state index contributed by atoms with van der Waals surface area (Å²) in [4.78, 5) is 31.6. The van der Waals surface area contributed by atoms with Crippen LogP contribution in [-0.4, -0.2) is 30.2 Å². The minimum absolute atomic E-state index is 0.278. The number of fused-ring (bicyclic) bond motifs is 1. The summed E-state index contributed by atoms with van der Waals surface area (Å²) in [7, 11) is 3.00. The summed E-state index contributed by atoms with van der Waals surface area (Å²) in [6, 6.07) is 11.7. The number of rotatable bonds is 5. The zero-order valence-electron chi connectivity index (χ0n) is 14.6. The van der Waals surface area contributed by atoms with Crippen LogP contribution in [0.5, 0.6) is 11.5 Å². The minimum Gasteiger partial charge on any atom is -0.493 e. The van der Waals surface area contributed by atoms with Crippen molar-refractivity contribution in [2.24, 2.45) is 0 Å². The molecule has 3 rings (SSSR count). The van der Waals surface area contributed by atoms with Gasteiger partial charge in [-0.3, -0.25) is 4.79 Å². The topological polar surface area (TPSA) is 90.5 Å². The van der Waals surface area contributed by atoms with Crippen molar-refractivity contribution in [3.05, 3.63) is 64.2 Å². The van der Waals surface area contributed by atoms with E-state index in [1.807, 2.05) is 0 Å². The number of ether oxygens (including phenoxy) is 3. The fraction of sp³-hybridized carbons (Fsp3) is 0.211. The maximum absolute atomic E-state index is 12.4. The third kappa shape index (κ3) is 3.37. The Hall–Kier alpha value is -3.35. The lowest BCUT2D eigenvalue weighted by Crippen LogP contribution is -2.17. The van der Waals surface area contributed by atoms with Crippen LogP contribution < -0.4 is 15.0 Å². The molecule has 0 radical (unpaired) electrons. The van der Waals surface area contributed by atoms with E-state index < -0.39 is 12.1 Å². The van der Waals surface area contributed by atoms with E-state index in [0.717, 1.165) is 0 Å². The molecule has 0 fully saturated rings. The molecule has 7 heteroatoms. The molecular weight excluding hydrogens is 336 g/mol. The molecule has 1 atom stereocenters. The molecule has 3 aromatic rings. The number of nitrogens with zero attached hydrogens (tertiary/aromatic N) is 1. The van der Waals surface area contributed by atoms with E-state index in [-0.39, 0.29) is 11.4 Å². The molecule has 1 aromatic heterocycles. The summed E-state index contributed by atoms with van der Waals surface area (Å²) >= 11 is 0. The molecule has 2 aromatic carbocycles. The van der Waals surface area contributed by atoms with Crippen LogP contribution in [-0.2, 0) is 4.74 Å². The third-order valence-corrected chi connectivity index (χ3v) is 3.92. The van der Waals surface area contributed by atoms with Gasteiger partial charge in [-0.1, -0.05) is 12.1 Å². The summed E-state index contributed by atoms with van der Waals surface area (Å²) in [5, 5.41) is 0.481. The summed E-state index contributed by atoms with van der Waals surface area (Å²) in [6.45, 7) is 1.64. The molecule has 0 amide bonds. The van der Waals surface area contributed by atoms with E-state index in [0.29, 0.717) is 28.0 Å². The normalized spacial score (nSPS) is 11.8. The number of carbonyl (C=O) groups excluding carboxylic acids is 1. The molecule has 0 spiro atoms. The second-order valence-electron chi connectivity index (χ2n) is 5.59. The number of hydrogen-bond acceptors (Lipinski definition) is 6. The molecule has 0 unspecified atom stereocenters. The summed E-state index contributed by atoms with van der Waals surface area (Å²) in [5.74, 6) is 0.654. The predicted octanol–water partition coefficient (Wildman–Crippen LogP) is 2.86. The smallest absolute Gasteiger partial charge is 0.338 e. The standard InChI is InChI=1S/C19H18N2O5/c1-11(17-20-14-7-5-4-6-13(14)18(22)21-17)26-19(23)12-8-9-15(24-2)16(10-12)25-3/h4-11H,1-3H3,(H,20,21,22)/t11-/m0/s1. The van der Waals surface area contributed by atoms with Crippen LogP contribution in [0, 0.1) is 0 Å². The number of aromatic nitrogens is 2. The zero-order valence-corrected chi connectivity index (χ0v) is 14.6. The van der Waals surface area contributed by atoms with Crippen LogP contribution in [0.1, 0.15) is 29.2 Å². The van der Waals surface area contributed by atoms with Gasteiger partial charge in [0, 0.05) is 0 Å². The van der Waals surface area contributed by atoms with Gasteiger partial charge >= 0.3 is 5.97 Å². The first-order valence-corrected chi connectivity index (χ1v) is 7.95. The fourth-order valence-corrected chi connectivity index (χ4v) is 2.54. The third-order valence-electron chi connectivity index (χ3n) is 3.92. The Balaban J connectivity index is 1.84. The Morgan fingerprint density at radius 1 is 1.08 bits per heavy atom. The van der Waals surface area contributed by atoms with Crippen molar-refractivity contribution in [1.82, 2.24) is 9.97 Å². The summed E-state index contributed by atoms with van der Waals surface area (Å²) in [5.41, 5.74) is 0.567. The van der Waals surface area contributed by atoms with Crippen molar-refractivity contribution in [2.45, 2.75) is 13.0 Å². The number of nitrogens with one attached hydrogen (secondary N) is 1. The lowest BCUT2D eigenvalue weighted by molar-refractivity contribution is 0.0319. The minimum atomic E-state index is -0.729. The number of esters is 1. The van der Waals surface area contributed by atoms with Crippen molar-refractivity contribution in [1.29, 1.82) is 0 Å². The maximum Gasteiger partial charge on any atom is 0.338 e. The van der Waals surface area contributed by atoms with E-state index in [4.69, 9.17) is 14.2 Å². The number of carbonyl (C=O) groups is 1. The van der Waals surface area contributed by atoms with Crippen molar-refractivity contribution < 1.29 is 19.0 Å². The van der Waals surface area contributed by atoms with Gasteiger partial charge in [-0.15, -0.1) is 0 Å². The number of aromatic amines is 1. The van der Waals surface area contributed by atoms with E-state index in [9.17, 15) is 9.59 Å².